The van der Waals surface area contributed by atoms with Gasteiger partial charge in [-0.1, -0.05) is 73.0 Å². The summed E-state index contributed by atoms with van der Waals surface area (Å²) in [6, 6.07) is 15.0. The number of hydrogen-bond acceptors (Lipinski definition) is 3. The molecule has 2 aromatic rings. The van der Waals surface area contributed by atoms with Gasteiger partial charge in [0, 0.05) is 22.1 Å². The fourth-order valence-corrected chi connectivity index (χ4v) is 4.14. The van der Waals surface area contributed by atoms with Crippen molar-refractivity contribution in [2.24, 2.45) is 10.9 Å². The van der Waals surface area contributed by atoms with Gasteiger partial charge in [0.05, 0.1) is 17.8 Å². The Morgan fingerprint density at radius 3 is 2.48 bits per heavy atom. The highest BCUT2D eigenvalue weighted by molar-refractivity contribution is 9.10. The molecule has 0 unspecified atom stereocenters. The third kappa shape index (κ3) is 4.58. The maximum Gasteiger partial charge on any atom is 0.305 e. The number of carboxylic acids is 1. The number of carbonyl (C=O) groups is 2. The molecule has 152 valence electrons. The summed E-state index contributed by atoms with van der Waals surface area (Å²) >= 11 is 3.53. The fraction of sp³-hybridized carbons (Fsp3) is 0.348. The molecule has 29 heavy (non-hydrogen) atoms. The number of carboxylic acid groups (broad SMARTS) is 1. The maximum absolute atomic E-state index is 13.6. The molecule has 2 aromatic carbocycles. The Kier molecular flexibility index (Phi) is 6.85. The van der Waals surface area contributed by atoms with Crippen molar-refractivity contribution < 1.29 is 14.7 Å². The van der Waals surface area contributed by atoms with Crippen molar-refractivity contribution in [3.05, 3.63) is 64.1 Å². The van der Waals surface area contributed by atoms with Crippen molar-refractivity contribution in [2.45, 2.75) is 39.2 Å². The van der Waals surface area contributed by atoms with Gasteiger partial charge >= 0.3 is 5.97 Å². The number of fused-ring (bicyclic) bond motifs is 1. The van der Waals surface area contributed by atoms with Gasteiger partial charge in [0.1, 0.15) is 6.04 Å². The SMILES string of the molecule is CCC(CC)[C@@H]1N=C(c2ccccc2)c2cc(Br)ccc2N(CCC(=O)O)C1=O. The molecular weight excluding hydrogens is 432 g/mol. The zero-order valence-corrected chi connectivity index (χ0v) is 18.2. The molecule has 0 aliphatic carbocycles. The number of carbonyl (C=O) groups excluding carboxylic acids is 1. The molecule has 0 bridgehead atoms. The summed E-state index contributed by atoms with van der Waals surface area (Å²) in [5, 5.41) is 9.22. The Bertz CT molecular complexity index is 923. The number of hydrogen-bond donors (Lipinski definition) is 1. The van der Waals surface area contributed by atoms with E-state index in [1.807, 2.05) is 48.5 Å². The van der Waals surface area contributed by atoms with E-state index < -0.39 is 12.0 Å². The highest BCUT2D eigenvalue weighted by Crippen LogP contribution is 2.33. The molecule has 0 saturated heterocycles. The van der Waals surface area contributed by atoms with Gasteiger partial charge in [0.25, 0.3) is 5.91 Å². The van der Waals surface area contributed by atoms with E-state index in [-0.39, 0.29) is 24.8 Å². The Morgan fingerprint density at radius 1 is 1.17 bits per heavy atom. The van der Waals surface area contributed by atoms with Gasteiger partial charge in [0.15, 0.2) is 0 Å². The van der Waals surface area contributed by atoms with Crippen molar-refractivity contribution in [1.29, 1.82) is 0 Å². The first-order valence-corrected chi connectivity index (χ1v) is 10.7. The number of benzene rings is 2. The maximum atomic E-state index is 13.6. The van der Waals surface area contributed by atoms with Gasteiger partial charge in [-0.2, -0.15) is 0 Å². The van der Waals surface area contributed by atoms with E-state index in [1.165, 1.54) is 0 Å². The predicted molar refractivity (Wildman–Crippen MR) is 119 cm³/mol. The van der Waals surface area contributed by atoms with Gasteiger partial charge in [-0.15, -0.1) is 0 Å². The van der Waals surface area contributed by atoms with Crippen LogP contribution in [0.5, 0.6) is 0 Å². The normalized spacial score (nSPS) is 16.4. The van der Waals surface area contributed by atoms with Gasteiger partial charge in [-0.05, 0) is 24.1 Å². The van der Waals surface area contributed by atoms with Crippen LogP contribution in [0.1, 0.15) is 44.2 Å². The van der Waals surface area contributed by atoms with Crippen LogP contribution >= 0.6 is 15.9 Å². The molecule has 1 heterocycles. The van der Waals surface area contributed by atoms with E-state index in [4.69, 9.17) is 4.99 Å². The van der Waals surface area contributed by atoms with E-state index in [2.05, 4.69) is 29.8 Å². The molecule has 0 aromatic heterocycles. The Morgan fingerprint density at radius 2 is 1.86 bits per heavy atom. The average molecular weight is 457 g/mol. The summed E-state index contributed by atoms with van der Waals surface area (Å²) in [7, 11) is 0. The number of benzodiazepines with no additional fused rings is 1. The second-order valence-electron chi connectivity index (χ2n) is 7.16. The molecule has 0 radical (unpaired) electrons. The fourth-order valence-electron chi connectivity index (χ4n) is 3.78. The van der Waals surface area contributed by atoms with Gasteiger partial charge < -0.3 is 10.0 Å². The van der Waals surface area contributed by atoms with Crippen molar-refractivity contribution in [2.75, 3.05) is 11.4 Å². The molecule has 0 spiro atoms. The predicted octanol–water partition coefficient (Wildman–Crippen LogP) is 4.91. The van der Waals surface area contributed by atoms with Gasteiger partial charge in [-0.25, -0.2) is 0 Å². The van der Waals surface area contributed by atoms with Crippen molar-refractivity contribution in [1.82, 2.24) is 0 Å². The zero-order chi connectivity index (χ0) is 21.0. The summed E-state index contributed by atoms with van der Waals surface area (Å²) in [5.41, 5.74) is 3.24. The first-order valence-electron chi connectivity index (χ1n) is 9.92. The third-order valence-electron chi connectivity index (χ3n) is 5.38. The topological polar surface area (TPSA) is 70.0 Å². The highest BCUT2D eigenvalue weighted by atomic mass is 79.9. The van der Waals surface area contributed by atoms with E-state index in [0.717, 1.165) is 34.2 Å². The monoisotopic (exact) mass is 456 g/mol. The lowest BCUT2D eigenvalue weighted by Crippen LogP contribution is -2.42. The summed E-state index contributed by atoms with van der Waals surface area (Å²) < 4.78 is 0.881. The summed E-state index contributed by atoms with van der Waals surface area (Å²) in [6.07, 6.45) is 1.54. The van der Waals surface area contributed by atoms with Crippen LogP contribution in [0.25, 0.3) is 0 Å². The van der Waals surface area contributed by atoms with E-state index in [0.29, 0.717) is 5.69 Å². The molecule has 0 saturated carbocycles. The smallest absolute Gasteiger partial charge is 0.305 e. The van der Waals surface area contributed by atoms with Crippen molar-refractivity contribution in [3.63, 3.8) is 0 Å². The molecule has 1 amide bonds. The lowest BCUT2D eigenvalue weighted by molar-refractivity contribution is -0.136. The number of aliphatic imine (C=N–C) groups is 1. The Hall–Kier alpha value is -2.47. The van der Waals surface area contributed by atoms with Crippen LogP contribution in [0, 0.1) is 5.92 Å². The molecule has 1 atom stereocenters. The third-order valence-corrected chi connectivity index (χ3v) is 5.88. The van der Waals surface area contributed by atoms with Crippen LogP contribution in [0.4, 0.5) is 5.69 Å². The standard InChI is InChI=1S/C23H25BrN2O3/c1-3-15(4-2)22-23(29)26(13-12-20(27)28)19-11-10-17(24)14-18(19)21(25-22)16-8-6-5-7-9-16/h5-11,14-15,22H,3-4,12-13H2,1-2H3,(H,27,28)/t22-/m0/s1. The minimum Gasteiger partial charge on any atom is -0.481 e. The van der Waals surface area contributed by atoms with Crippen molar-refractivity contribution >= 4 is 39.2 Å². The first-order chi connectivity index (χ1) is 14.0. The number of anilines is 1. The molecule has 1 N–H and O–H groups in total. The molecular formula is C23H25BrN2O3. The van der Waals surface area contributed by atoms with E-state index in [1.54, 1.807) is 4.90 Å². The quantitative estimate of drug-likeness (QED) is 0.642. The molecule has 3 rings (SSSR count). The lowest BCUT2D eigenvalue weighted by Gasteiger charge is -2.27. The molecule has 6 heteroatoms. The second kappa shape index (κ2) is 9.35. The lowest BCUT2D eigenvalue weighted by atomic mass is 9.93. The van der Waals surface area contributed by atoms with Crippen LogP contribution < -0.4 is 4.90 Å². The summed E-state index contributed by atoms with van der Waals surface area (Å²) in [4.78, 5) is 31.4. The number of aliphatic carboxylic acids is 1. The van der Waals surface area contributed by atoms with Crippen LogP contribution in [0.2, 0.25) is 0 Å². The van der Waals surface area contributed by atoms with E-state index >= 15 is 0 Å². The first kappa shape index (κ1) is 21.2. The minimum atomic E-state index is -0.927. The summed E-state index contributed by atoms with van der Waals surface area (Å²) in [5.74, 6) is -0.968. The Labute approximate surface area is 179 Å². The number of halogens is 1. The average Bonchev–Trinajstić information content (AvgIpc) is 2.83. The largest absolute Gasteiger partial charge is 0.481 e. The zero-order valence-electron chi connectivity index (χ0n) is 16.6. The molecule has 0 fully saturated rings. The van der Waals surface area contributed by atoms with Gasteiger partial charge in [0.2, 0.25) is 0 Å². The second-order valence-corrected chi connectivity index (χ2v) is 8.08. The van der Waals surface area contributed by atoms with Gasteiger partial charge in [-0.3, -0.25) is 14.6 Å². The van der Waals surface area contributed by atoms with Crippen LogP contribution in [-0.2, 0) is 9.59 Å². The number of nitrogens with zero attached hydrogens (tertiary/aromatic N) is 2. The van der Waals surface area contributed by atoms with Crippen LogP contribution in [-0.4, -0.2) is 35.3 Å². The number of rotatable bonds is 7. The van der Waals surface area contributed by atoms with Crippen molar-refractivity contribution in [3.8, 4) is 0 Å². The van der Waals surface area contributed by atoms with Crippen LogP contribution in [0.3, 0.4) is 0 Å². The Balaban J connectivity index is 2.23. The molecule has 1 aliphatic rings. The number of amides is 1. The molecule has 1 aliphatic heterocycles. The summed E-state index contributed by atoms with van der Waals surface area (Å²) in [6.45, 7) is 4.25. The highest BCUT2D eigenvalue weighted by Gasteiger charge is 2.35. The van der Waals surface area contributed by atoms with Crippen LogP contribution in [0.15, 0.2) is 58.0 Å². The minimum absolute atomic E-state index is 0.0892. The molecule has 5 nitrogen and oxygen atoms in total. The van der Waals surface area contributed by atoms with E-state index in [9.17, 15) is 14.7 Å².